The maximum Gasteiger partial charge on any atom is 0.143 e. The number of aromatic hydroxyl groups is 1. The van der Waals surface area contributed by atoms with Crippen LogP contribution in [-0.4, -0.2) is 21.8 Å². The normalized spacial score (nSPS) is 8.92. The summed E-state index contributed by atoms with van der Waals surface area (Å²) in [5.74, 6) is 0.103. The van der Waals surface area contributed by atoms with Crippen LogP contribution in [0.4, 0.5) is 0 Å². The second kappa shape index (κ2) is 7.12. The quantitative estimate of drug-likeness (QED) is 0.770. The molecule has 0 amide bonds. The van der Waals surface area contributed by atoms with E-state index in [0.29, 0.717) is 16.2 Å². The van der Waals surface area contributed by atoms with Crippen LogP contribution >= 0.6 is 27.5 Å². The van der Waals surface area contributed by atoms with Crippen molar-refractivity contribution in [3.05, 3.63) is 21.9 Å². The summed E-state index contributed by atoms with van der Waals surface area (Å²) in [5.41, 5.74) is 0. The van der Waals surface area contributed by atoms with Crippen molar-refractivity contribution in [2.24, 2.45) is 0 Å². The molecule has 0 saturated carbocycles. The lowest BCUT2D eigenvalue weighted by molar-refractivity contribution is 0.295. The average Bonchev–Trinajstić information content (AvgIpc) is 2.12. The first-order chi connectivity index (χ1) is 6.11. The van der Waals surface area contributed by atoms with Gasteiger partial charge in [-0.2, -0.15) is 0 Å². The third kappa shape index (κ3) is 5.85. The summed E-state index contributed by atoms with van der Waals surface area (Å²) in [5, 5.41) is 17.0. The highest BCUT2D eigenvalue weighted by Gasteiger charge is 1.96. The van der Waals surface area contributed by atoms with Crippen molar-refractivity contribution in [3.8, 4) is 5.75 Å². The van der Waals surface area contributed by atoms with E-state index >= 15 is 0 Å². The number of nitrogens with zero attached hydrogens (tertiary/aromatic N) is 1. The van der Waals surface area contributed by atoms with Gasteiger partial charge in [0.25, 0.3) is 0 Å². The minimum Gasteiger partial charge on any atom is -0.506 e. The minimum absolute atomic E-state index is 0.103. The van der Waals surface area contributed by atoms with Crippen LogP contribution in [-0.2, 0) is 0 Å². The Kier molecular flexibility index (Phi) is 6.94. The Morgan fingerprint density at radius 3 is 2.46 bits per heavy atom. The van der Waals surface area contributed by atoms with E-state index in [1.54, 1.807) is 0 Å². The number of aliphatic hydroxyl groups is 1. The van der Waals surface area contributed by atoms with Gasteiger partial charge in [-0.05, 0) is 28.4 Å². The van der Waals surface area contributed by atoms with Gasteiger partial charge in [0.15, 0.2) is 0 Å². The van der Waals surface area contributed by atoms with Gasteiger partial charge in [0.2, 0.25) is 0 Å². The first-order valence-corrected chi connectivity index (χ1v) is 4.89. The Bertz CT molecular complexity index is 256. The van der Waals surface area contributed by atoms with Gasteiger partial charge < -0.3 is 10.2 Å². The van der Waals surface area contributed by atoms with Crippen LogP contribution in [0.15, 0.2) is 16.7 Å². The molecule has 0 aliphatic rings. The number of pyridine rings is 1. The summed E-state index contributed by atoms with van der Waals surface area (Å²) in [6.45, 7) is 2.25. The number of aromatic nitrogens is 1. The predicted octanol–water partition coefficient (Wildman–Crippen LogP) is 2.59. The minimum atomic E-state index is 0.103. The molecule has 0 unspecified atom stereocenters. The Morgan fingerprint density at radius 2 is 2.15 bits per heavy atom. The molecule has 3 nitrogen and oxygen atoms in total. The van der Waals surface area contributed by atoms with Crippen molar-refractivity contribution in [3.63, 3.8) is 0 Å². The van der Waals surface area contributed by atoms with Crippen LogP contribution in [0.2, 0.25) is 5.15 Å². The summed E-state index contributed by atoms with van der Waals surface area (Å²) in [4.78, 5) is 3.65. The molecular weight excluding hydrogens is 257 g/mol. The zero-order valence-corrected chi connectivity index (χ0v) is 9.51. The maximum atomic E-state index is 8.79. The summed E-state index contributed by atoms with van der Waals surface area (Å²) >= 11 is 8.60. The standard InChI is InChI=1S/C5H3BrClNO.C3H8O/c6-4-1-3(9)2-8-5(4)7;1-2-3-4/h1-2,9H;4H,2-3H2,1H3. The first kappa shape index (κ1) is 12.7. The third-order valence-corrected chi connectivity index (χ3v) is 2.14. The molecule has 0 aromatic carbocycles. The summed E-state index contributed by atoms with van der Waals surface area (Å²) in [6.07, 6.45) is 2.16. The zero-order chi connectivity index (χ0) is 10.3. The fourth-order valence-electron chi connectivity index (χ4n) is 0.411. The molecular formula is C8H11BrClNO2. The molecule has 1 aromatic rings. The molecule has 0 spiro atoms. The van der Waals surface area contributed by atoms with Gasteiger partial charge in [0.1, 0.15) is 10.9 Å². The molecule has 1 rings (SSSR count). The Balaban J connectivity index is 0.000000310. The fraction of sp³-hybridized carbons (Fsp3) is 0.375. The van der Waals surface area contributed by atoms with Gasteiger partial charge >= 0.3 is 0 Å². The molecule has 0 atom stereocenters. The lowest BCUT2D eigenvalue weighted by Gasteiger charge is -1.92. The highest BCUT2D eigenvalue weighted by molar-refractivity contribution is 9.10. The monoisotopic (exact) mass is 267 g/mol. The molecule has 0 saturated heterocycles. The highest BCUT2D eigenvalue weighted by atomic mass is 79.9. The number of hydrogen-bond donors (Lipinski definition) is 2. The van der Waals surface area contributed by atoms with Crippen molar-refractivity contribution in [1.29, 1.82) is 0 Å². The van der Waals surface area contributed by atoms with E-state index in [0.717, 1.165) is 6.42 Å². The maximum absolute atomic E-state index is 8.79. The van der Waals surface area contributed by atoms with Crippen molar-refractivity contribution >= 4 is 27.5 Å². The molecule has 1 aromatic heterocycles. The molecule has 0 fully saturated rings. The highest BCUT2D eigenvalue weighted by Crippen LogP contribution is 2.22. The lowest BCUT2D eigenvalue weighted by Crippen LogP contribution is -1.74. The molecule has 13 heavy (non-hydrogen) atoms. The molecule has 0 aliphatic heterocycles. The van der Waals surface area contributed by atoms with Crippen LogP contribution in [0.5, 0.6) is 5.75 Å². The average molecular weight is 269 g/mol. The van der Waals surface area contributed by atoms with Crippen LogP contribution < -0.4 is 0 Å². The van der Waals surface area contributed by atoms with Crippen molar-refractivity contribution in [2.75, 3.05) is 6.61 Å². The van der Waals surface area contributed by atoms with E-state index in [1.807, 2.05) is 6.92 Å². The molecule has 0 radical (unpaired) electrons. The fourth-order valence-corrected chi connectivity index (χ4v) is 0.851. The van der Waals surface area contributed by atoms with Gasteiger partial charge in [-0.25, -0.2) is 4.98 Å². The van der Waals surface area contributed by atoms with E-state index < -0.39 is 0 Å². The van der Waals surface area contributed by atoms with E-state index in [-0.39, 0.29) is 5.75 Å². The molecule has 5 heteroatoms. The van der Waals surface area contributed by atoms with E-state index in [9.17, 15) is 0 Å². The Morgan fingerprint density at radius 1 is 1.62 bits per heavy atom. The summed E-state index contributed by atoms with van der Waals surface area (Å²) < 4.78 is 0.601. The third-order valence-electron chi connectivity index (χ3n) is 1.01. The molecule has 1 heterocycles. The number of hydrogen-bond acceptors (Lipinski definition) is 3. The zero-order valence-electron chi connectivity index (χ0n) is 7.17. The van der Waals surface area contributed by atoms with E-state index in [2.05, 4.69) is 20.9 Å². The number of rotatable bonds is 1. The number of halogens is 2. The summed E-state index contributed by atoms with van der Waals surface area (Å²) in [7, 11) is 0. The van der Waals surface area contributed by atoms with Crippen molar-refractivity contribution in [1.82, 2.24) is 4.98 Å². The predicted molar refractivity (Wildman–Crippen MR) is 56.0 cm³/mol. The second-order valence-corrected chi connectivity index (χ2v) is 3.40. The smallest absolute Gasteiger partial charge is 0.143 e. The van der Waals surface area contributed by atoms with Crippen molar-refractivity contribution < 1.29 is 10.2 Å². The summed E-state index contributed by atoms with van der Waals surface area (Å²) in [6, 6.07) is 1.48. The number of aliphatic hydroxyl groups excluding tert-OH is 1. The van der Waals surface area contributed by atoms with Crippen LogP contribution in [0.1, 0.15) is 13.3 Å². The molecule has 0 bridgehead atoms. The largest absolute Gasteiger partial charge is 0.506 e. The van der Waals surface area contributed by atoms with Gasteiger partial charge in [-0.15, -0.1) is 0 Å². The van der Waals surface area contributed by atoms with Crippen LogP contribution in [0.3, 0.4) is 0 Å². The van der Waals surface area contributed by atoms with Crippen LogP contribution in [0.25, 0.3) is 0 Å². The SMILES string of the molecule is CCCO.Oc1cnc(Cl)c(Br)c1. The van der Waals surface area contributed by atoms with Gasteiger partial charge in [0, 0.05) is 6.61 Å². The van der Waals surface area contributed by atoms with E-state index in [1.165, 1.54) is 12.3 Å². The van der Waals surface area contributed by atoms with Crippen molar-refractivity contribution in [2.45, 2.75) is 13.3 Å². The van der Waals surface area contributed by atoms with Gasteiger partial charge in [0.05, 0.1) is 10.7 Å². The van der Waals surface area contributed by atoms with Gasteiger partial charge in [-0.1, -0.05) is 18.5 Å². The topological polar surface area (TPSA) is 53.4 Å². The van der Waals surface area contributed by atoms with E-state index in [4.69, 9.17) is 21.8 Å². The molecule has 0 aliphatic carbocycles. The lowest BCUT2D eigenvalue weighted by atomic mass is 10.5. The Labute approximate surface area is 90.5 Å². The molecule has 2 N–H and O–H groups in total. The second-order valence-electron chi connectivity index (χ2n) is 2.19. The molecule has 74 valence electrons. The van der Waals surface area contributed by atoms with Crippen LogP contribution in [0, 0.1) is 0 Å². The Hall–Kier alpha value is -0.320. The first-order valence-electron chi connectivity index (χ1n) is 3.72. The van der Waals surface area contributed by atoms with Gasteiger partial charge in [-0.3, -0.25) is 0 Å².